The molecule has 0 aromatic carbocycles. The van der Waals surface area contributed by atoms with Crippen LogP contribution in [0.3, 0.4) is 0 Å². The molecule has 3 heteroatoms. The maximum absolute atomic E-state index is 3.46. The van der Waals surface area contributed by atoms with Gasteiger partial charge >= 0.3 is 0 Å². The van der Waals surface area contributed by atoms with E-state index in [9.17, 15) is 0 Å². The van der Waals surface area contributed by atoms with Gasteiger partial charge < -0.3 is 16.1 Å². The van der Waals surface area contributed by atoms with E-state index in [2.05, 4.69) is 24.2 Å². The SMILES string of the molecule is C[C-]1CCNCCCN(C)CC1.[Lr]. The van der Waals surface area contributed by atoms with E-state index < -0.39 is 0 Å². The third-order valence-corrected chi connectivity index (χ3v) is 2.54. The van der Waals surface area contributed by atoms with E-state index in [0.29, 0.717) is 0 Å². The van der Waals surface area contributed by atoms with Crippen LogP contribution in [0, 0.1) is 5.92 Å². The van der Waals surface area contributed by atoms with Crippen LogP contribution < -0.4 is 5.32 Å². The van der Waals surface area contributed by atoms with Crippen molar-refractivity contribution in [2.45, 2.75) is 26.2 Å². The Hall–Kier alpha value is -1.08. The summed E-state index contributed by atoms with van der Waals surface area (Å²) in [6.07, 6.45) is 3.82. The average Bonchev–Trinajstić information content (AvgIpc) is 2.07. The van der Waals surface area contributed by atoms with Crippen molar-refractivity contribution in [1.82, 2.24) is 10.2 Å². The molecule has 87 valence electrons. The third kappa shape index (κ3) is 5.21. The van der Waals surface area contributed by atoms with Crippen molar-refractivity contribution in [3.63, 3.8) is 0 Å². The zero-order chi connectivity index (χ0) is 8.81. The van der Waals surface area contributed by atoms with Crippen molar-refractivity contribution in [2.75, 3.05) is 33.2 Å². The molecule has 0 aliphatic carbocycles. The Balaban J connectivity index is 0.00000144. The van der Waals surface area contributed by atoms with Gasteiger partial charge in [-0.1, -0.05) is 0 Å². The van der Waals surface area contributed by atoms with Crippen molar-refractivity contribution < 1.29 is 0 Å². The molecular formula is C10H21LrN2-. The maximum Gasteiger partial charge on any atom is 0 e. The molecule has 1 heterocycles. The Morgan fingerprint density at radius 3 is 2.69 bits per heavy atom. The summed E-state index contributed by atoms with van der Waals surface area (Å²) in [4.78, 5) is 2.43. The molecule has 0 bridgehead atoms. The van der Waals surface area contributed by atoms with Gasteiger partial charge in [0.25, 0.3) is 0 Å². The van der Waals surface area contributed by atoms with Crippen LogP contribution in [0.5, 0.6) is 0 Å². The summed E-state index contributed by atoms with van der Waals surface area (Å²) in [6, 6.07) is 0. The zero-order valence-electron chi connectivity index (χ0n) is 8.66. The number of nitrogens with one attached hydrogen (secondary N) is 1. The van der Waals surface area contributed by atoms with Crippen molar-refractivity contribution in [3.8, 4) is 0 Å². The van der Waals surface area contributed by atoms with Gasteiger partial charge in [0, 0.05) is 0 Å². The number of hydrogen-bond acceptors (Lipinski definition) is 2. The van der Waals surface area contributed by atoms with Gasteiger partial charge in [0.15, 0.2) is 0 Å². The quantitative estimate of drug-likeness (QED) is 0.582. The Bertz CT molecular complexity index is 105. The van der Waals surface area contributed by atoms with Gasteiger partial charge in [-0.3, -0.25) is 0 Å². The van der Waals surface area contributed by atoms with Gasteiger partial charge in [-0.2, -0.15) is 19.8 Å². The molecule has 1 aliphatic rings. The van der Waals surface area contributed by atoms with Crippen LogP contribution >= 0.6 is 0 Å². The Morgan fingerprint density at radius 2 is 1.92 bits per heavy atom. The molecule has 0 saturated carbocycles. The van der Waals surface area contributed by atoms with E-state index in [1.807, 2.05) is 0 Å². The smallest absolute Gasteiger partial charge is 0 e. The molecule has 13 heavy (non-hydrogen) atoms. The van der Waals surface area contributed by atoms with Crippen LogP contribution in [0.15, 0.2) is 0 Å². The molecule has 1 N–H and O–H groups in total. The monoisotopic (exact) mass is 431 g/mol. The first-order chi connectivity index (χ1) is 5.79. The summed E-state index contributed by atoms with van der Waals surface area (Å²) < 4.78 is 0. The minimum Gasteiger partial charge on any atom is -0.319 e. The van der Waals surface area contributed by atoms with Gasteiger partial charge in [-0.05, 0) is 39.6 Å². The molecule has 1 rings (SSSR count). The number of nitrogens with zero attached hydrogens (tertiary/aromatic N) is 1. The Morgan fingerprint density at radius 1 is 1.15 bits per heavy atom. The van der Waals surface area contributed by atoms with Crippen LogP contribution in [0.2, 0.25) is 0 Å². The topological polar surface area (TPSA) is 15.3 Å². The summed E-state index contributed by atoms with van der Waals surface area (Å²) in [5, 5.41) is 3.46. The zero-order valence-corrected chi connectivity index (χ0v) is 10.8. The standard InChI is InChI=1S/C10H21N2.Lr/c1-10-4-7-11-6-3-8-12(2)9-5-10;/h11H,3-9H2,1-2H3;/q-1;. The number of hydrogen-bond donors (Lipinski definition) is 1. The summed E-state index contributed by atoms with van der Waals surface area (Å²) in [7, 11) is 2.22. The van der Waals surface area contributed by atoms with Gasteiger partial charge in [0.2, 0.25) is 0 Å². The van der Waals surface area contributed by atoms with E-state index in [0.717, 1.165) is 0 Å². The molecule has 0 spiro atoms. The molecule has 0 amide bonds. The van der Waals surface area contributed by atoms with Gasteiger partial charge in [-0.15, -0.1) is 0 Å². The fraction of sp³-hybridized carbons (Fsp3) is 0.900. The second-order valence-corrected chi connectivity index (χ2v) is 3.86. The molecule has 0 atom stereocenters. The molecular weight excluding hydrogens is 410 g/mol. The van der Waals surface area contributed by atoms with Gasteiger partial charge in [0.05, 0.1) is 0 Å². The van der Waals surface area contributed by atoms with E-state index >= 15 is 0 Å². The maximum atomic E-state index is 3.46. The normalized spacial score (nSPS) is 23.5. The molecule has 0 aromatic heterocycles. The molecule has 0 aromatic rings. The third-order valence-electron chi connectivity index (χ3n) is 2.54. The largest absolute Gasteiger partial charge is 0.319 e. The molecule has 0 unspecified atom stereocenters. The van der Waals surface area contributed by atoms with Crippen molar-refractivity contribution in [2.24, 2.45) is 0 Å². The van der Waals surface area contributed by atoms with Crippen molar-refractivity contribution >= 4 is 0 Å². The first kappa shape index (κ1) is 11.9. The molecule has 2 nitrogen and oxygen atoms in total. The first-order valence-corrected chi connectivity index (χ1v) is 4.99. The molecule has 1 fully saturated rings. The van der Waals surface area contributed by atoms with Crippen molar-refractivity contribution in [1.29, 1.82) is 0 Å². The van der Waals surface area contributed by atoms with Crippen molar-refractivity contribution in [3.05, 3.63) is 5.92 Å². The average molecular weight is 431 g/mol. The second kappa shape index (κ2) is 6.44. The van der Waals surface area contributed by atoms with Gasteiger partial charge in [-0.25, -0.2) is 0 Å². The predicted molar refractivity (Wildman–Crippen MR) is 53.1 cm³/mol. The van der Waals surface area contributed by atoms with Crippen LogP contribution in [-0.4, -0.2) is 38.1 Å². The van der Waals surface area contributed by atoms with Crippen LogP contribution in [0.1, 0.15) is 26.2 Å². The Labute approximate surface area is 76.3 Å². The molecule has 1 radical (unpaired) electrons. The summed E-state index contributed by atoms with van der Waals surface area (Å²) in [6.45, 7) is 7.11. The first-order valence-electron chi connectivity index (χ1n) is 4.99. The second-order valence-electron chi connectivity index (χ2n) is 3.86. The minimum absolute atomic E-state index is 0. The fourth-order valence-corrected chi connectivity index (χ4v) is 1.52. The summed E-state index contributed by atoms with van der Waals surface area (Å²) >= 11 is 0. The Kier molecular flexibility index (Phi) is 5.90. The van der Waals surface area contributed by atoms with E-state index in [-0.39, 0.29) is 0 Å². The van der Waals surface area contributed by atoms with E-state index in [4.69, 9.17) is 0 Å². The fourth-order valence-electron chi connectivity index (χ4n) is 1.52. The van der Waals surface area contributed by atoms with Crippen LogP contribution in [0.25, 0.3) is 0 Å². The van der Waals surface area contributed by atoms with E-state index in [1.165, 1.54) is 45.4 Å². The minimum atomic E-state index is 0. The van der Waals surface area contributed by atoms with Crippen LogP contribution in [0.4, 0.5) is 0 Å². The number of rotatable bonds is 0. The summed E-state index contributed by atoms with van der Waals surface area (Å²) in [5.41, 5.74) is 0. The van der Waals surface area contributed by atoms with Crippen LogP contribution in [-0.2, 0) is 0 Å². The molecule has 1 saturated heterocycles. The summed E-state index contributed by atoms with van der Waals surface area (Å²) in [5.74, 6) is 1.64. The predicted octanol–water partition coefficient (Wildman–Crippen LogP) is 1.29. The van der Waals surface area contributed by atoms with E-state index in [1.54, 1.807) is 5.92 Å². The van der Waals surface area contributed by atoms with Gasteiger partial charge in [0.1, 0.15) is 0 Å². The molecule has 1 aliphatic heterocycles.